The molecule has 25 heavy (non-hydrogen) atoms. The highest BCUT2D eigenvalue weighted by atomic mass is 32.1. The van der Waals surface area contributed by atoms with Crippen molar-refractivity contribution in [3.05, 3.63) is 58.3 Å². The number of nitrogens with zero attached hydrogens (tertiary/aromatic N) is 2. The first-order chi connectivity index (χ1) is 12.1. The number of hydrogen-bond acceptors (Lipinski definition) is 3. The van der Waals surface area contributed by atoms with Crippen LogP contribution in [0, 0.1) is 0 Å². The van der Waals surface area contributed by atoms with E-state index in [4.69, 9.17) is 0 Å². The molecule has 0 radical (unpaired) electrons. The van der Waals surface area contributed by atoms with Gasteiger partial charge in [0.1, 0.15) is 0 Å². The molecule has 1 aliphatic heterocycles. The quantitative estimate of drug-likeness (QED) is 0.727. The summed E-state index contributed by atoms with van der Waals surface area (Å²) < 4.78 is 0. The number of amides is 1. The molecule has 1 aromatic heterocycles. The van der Waals surface area contributed by atoms with E-state index < -0.39 is 0 Å². The molecule has 3 nitrogen and oxygen atoms in total. The smallest absolute Gasteiger partial charge is 0.222 e. The second-order valence-corrected chi connectivity index (χ2v) is 7.94. The standard InChI is InChI=1S/C21H28N2OS/c1-22(2)20(19-12-14-25-16-19)9-6-10-21(24)23-13-11-18(15-23)17-7-4-3-5-8-17/h3-5,7-8,12,14,16,18,20H,6,9-11,13,15H2,1-2H3/t18-,20+/m0/s1. The van der Waals surface area contributed by atoms with Crippen molar-refractivity contribution >= 4 is 17.2 Å². The molecule has 2 atom stereocenters. The molecule has 2 aromatic rings. The zero-order valence-corrected chi connectivity index (χ0v) is 16.0. The number of likely N-dealkylation sites (tertiary alicyclic amines) is 1. The second-order valence-electron chi connectivity index (χ2n) is 7.16. The van der Waals surface area contributed by atoms with Crippen molar-refractivity contribution in [3.8, 4) is 0 Å². The predicted octanol–water partition coefficient (Wildman–Crippen LogP) is 4.54. The van der Waals surface area contributed by atoms with Gasteiger partial charge in [0.05, 0.1) is 0 Å². The van der Waals surface area contributed by atoms with Crippen molar-refractivity contribution in [2.24, 2.45) is 0 Å². The molecular formula is C21H28N2OS. The van der Waals surface area contributed by atoms with Crippen LogP contribution < -0.4 is 0 Å². The number of benzene rings is 1. The van der Waals surface area contributed by atoms with Gasteiger partial charge >= 0.3 is 0 Å². The molecule has 0 saturated carbocycles. The van der Waals surface area contributed by atoms with E-state index in [0.717, 1.165) is 32.4 Å². The van der Waals surface area contributed by atoms with E-state index in [0.29, 0.717) is 24.3 Å². The highest BCUT2D eigenvalue weighted by molar-refractivity contribution is 7.07. The van der Waals surface area contributed by atoms with E-state index >= 15 is 0 Å². The van der Waals surface area contributed by atoms with Crippen LogP contribution in [-0.2, 0) is 4.79 Å². The van der Waals surface area contributed by atoms with Crippen LogP contribution in [0.4, 0.5) is 0 Å². The van der Waals surface area contributed by atoms with Gasteiger partial charge in [-0.3, -0.25) is 4.79 Å². The third-order valence-electron chi connectivity index (χ3n) is 5.23. The van der Waals surface area contributed by atoms with E-state index in [2.05, 4.69) is 71.1 Å². The van der Waals surface area contributed by atoms with E-state index in [1.165, 1.54) is 11.1 Å². The molecular weight excluding hydrogens is 328 g/mol. The Bertz CT molecular complexity index is 654. The van der Waals surface area contributed by atoms with Gasteiger partial charge in [-0.15, -0.1) is 0 Å². The fraction of sp³-hybridized carbons (Fsp3) is 0.476. The van der Waals surface area contributed by atoms with Gasteiger partial charge in [0, 0.05) is 31.5 Å². The Morgan fingerprint density at radius 3 is 2.76 bits per heavy atom. The molecule has 1 fully saturated rings. The Kier molecular flexibility index (Phi) is 6.27. The Morgan fingerprint density at radius 1 is 1.28 bits per heavy atom. The first-order valence-corrected chi connectivity index (χ1v) is 10.1. The van der Waals surface area contributed by atoms with Gasteiger partial charge in [-0.2, -0.15) is 11.3 Å². The third-order valence-corrected chi connectivity index (χ3v) is 5.93. The molecule has 3 rings (SSSR count). The van der Waals surface area contributed by atoms with Crippen molar-refractivity contribution in [2.75, 3.05) is 27.2 Å². The number of thiophene rings is 1. The number of carbonyl (C=O) groups is 1. The maximum Gasteiger partial charge on any atom is 0.222 e. The molecule has 0 spiro atoms. The summed E-state index contributed by atoms with van der Waals surface area (Å²) in [5.41, 5.74) is 2.73. The van der Waals surface area contributed by atoms with Gasteiger partial charge in [-0.25, -0.2) is 0 Å². The summed E-state index contributed by atoms with van der Waals surface area (Å²) in [7, 11) is 4.24. The van der Waals surface area contributed by atoms with Crippen molar-refractivity contribution in [3.63, 3.8) is 0 Å². The summed E-state index contributed by atoms with van der Waals surface area (Å²) in [6.45, 7) is 1.78. The highest BCUT2D eigenvalue weighted by Crippen LogP contribution is 2.29. The number of carbonyl (C=O) groups excluding carboxylic acids is 1. The largest absolute Gasteiger partial charge is 0.342 e. The molecule has 1 aromatic carbocycles. The van der Waals surface area contributed by atoms with Crippen LogP contribution in [0.1, 0.15) is 48.8 Å². The summed E-state index contributed by atoms with van der Waals surface area (Å²) in [5, 5.41) is 4.35. The minimum absolute atomic E-state index is 0.321. The van der Waals surface area contributed by atoms with Gasteiger partial charge in [-0.05, 0) is 61.3 Å². The lowest BCUT2D eigenvalue weighted by Crippen LogP contribution is -2.28. The predicted molar refractivity (Wildman–Crippen MR) is 105 cm³/mol. The Hall–Kier alpha value is -1.65. The zero-order chi connectivity index (χ0) is 17.6. The first kappa shape index (κ1) is 18.2. The Balaban J connectivity index is 1.47. The maximum atomic E-state index is 12.6. The maximum absolute atomic E-state index is 12.6. The minimum Gasteiger partial charge on any atom is -0.342 e. The first-order valence-electron chi connectivity index (χ1n) is 9.16. The number of rotatable bonds is 7. The van der Waals surface area contributed by atoms with Crippen molar-refractivity contribution in [1.29, 1.82) is 0 Å². The average molecular weight is 357 g/mol. The lowest BCUT2D eigenvalue weighted by atomic mass is 9.99. The zero-order valence-electron chi connectivity index (χ0n) is 15.2. The van der Waals surface area contributed by atoms with Crippen LogP contribution in [0.2, 0.25) is 0 Å². The average Bonchev–Trinajstić information content (AvgIpc) is 3.30. The van der Waals surface area contributed by atoms with Crippen molar-refractivity contribution in [1.82, 2.24) is 9.80 Å². The van der Waals surface area contributed by atoms with Crippen molar-refractivity contribution < 1.29 is 4.79 Å². The van der Waals surface area contributed by atoms with Gasteiger partial charge in [0.2, 0.25) is 5.91 Å². The molecule has 1 aliphatic rings. The Morgan fingerprint density at radius 2 is 2.08 bits per heavy atom. The summed E-state index contributed by atoms with van der Waals surface area (Å²) >= 11 is 1.74. The Labute approximate surface area is 155 Å². The molecule has 134 valence electrons. The van der Waals surface area contributed by atoms with E-state index in [-0.39, 0.29) is 0 Å². The van der Waals surface area contributed by atoms with Crippen LogP contribution in [-0.4, -0.2) is 42.9 Å². The SMILES string of the molecule is CN(C)[C@H](CCCC(=O)N1CC[C@H](c2ccccc2)C1)c1ccsc1. The monoisotopic (exact) mass is 356 g/mol. The second kappa shape index (κ2) is 8.63. The van der Waals surface area contributed by atoms with E-state index in [1.807, 2.05) is 0 Å². The van der Waals surface area contributed by atoms with Crippen molar-refractivity contribution in [2.45, 2.75) is 37.6 Å². The lowest BCUT2D eigenvalue weighted by Gasteiger charge is -2.24. The number of hydrogen-bond donors (Lipinski definition) is 0. The lowest BCUT2D eigenvalue weighted by molar-refractivity contribution is -0.130. The van der Waals surface area contributed by atoms with Crippen LogP contribution in [0.25, 0.3) is 0 Å². The molecule has 1 saturated heterocycles. The summed E-state index contributed by atoms with van der Waals surface area (Å²) in [5.74, 6) is 0.826. The fourth-order valence-corrected chi connectivity index (χ4v) is 4.48. The van der Waals surface area contributed by atoms with Gasteiger partial charge < -0.3 is 9.80 Å². The molecule has 0 unspecified atom stereocenters. The summed E-state index contributed by atoms with van der Waals surface area (Å²) in [6.07, 6.45) is 3.73. The van der Waals surface area contributed by atoms with Gasteiger partial charge in [0.15, 0.2) is 0 Å². The normalized spacial score (nSPS) is 18.7. The minimum atomic E-state index is 0.321. The summed E-state index contributed by atoms with van der Waals surface area (Å²) in [6, 6.07) is 13.2. The summed E-state index contributed by atoms with van der Waals surface area (Å²) in [4.78, 5) is 16.9. The van der Waals surface area contributed by atoms with Crippen LogP contribution in [0.3, 0.4) is 0 Å². The fourth-order valence-electron chi connectivity index (χ4n) is 3.78. The van der Waals surface area contributed by atoms with Crippen LogP contribution in [0.15, 0.2) is 47.2 Å². The van der Waals surface area contributed by atoms with Gasteiger partial charge in [-0.1, -0.05) is 30.3 Å². The molecule has 2 heterocycles. The van der Waals surface area contributed by atoms with Crippen LogP contribution in [0.5, 0.6) is 0 Å². The molecule has 0 N–H and O–H groups in total. The molecule has 1 amide bonds. The molecule has 0 bridgehead atoms. The molecule has 4 heteroatoms. The topological polar surface area (TPSA) is 23.6 Å². The van der Waals surface area contributed by atoms with E-state index in [1.54, 1.807) is 11.3 Å². The van der Waals surface area contributed by atoms with E-state index in [9.17, 15) is 4.79 Å². The molecule has 0 aliphatic carbocycles. The van der Waals surface area contributed by atoms with Crippen LogP contribution >= 0.6 is 11.3 Å². The highest BCUT2D eigenvalue weighted by Gasteiger charge is 2.27. The third kappa shape index (κ3) is 4.71. The van der Waals surface area contributed by atoms with Gasteiger partial charge in [0.25, 0.3) is 0 Å².